The topological polar surface area (TPSA) is 13.1 Å². The summed E-state index contributed by atoms with van der Waals surface area (Å²) in [6, 6.07) is 8.73. The summed E-state index contributed by atoms with van der Waals surface area (Å²) in [5, 5.41) is 0. The molecule has 0 bridgehead atoms. The van der Waals surface area contributed by atoms with Crippen LogP contribution >= 0.6 is 0 Å². The molecule has 2 aromatic rings. The summed E-state index contributed by atoms with van der Waals surface area (Å²) in [5.74, 6) is 7.46. The van der Waals surface area contributed by atoms with Crippen molar-refractivity contribution < 1.29 is 4.42 Å². The number of aryl methyl sites for hydroxylation is 2. The number of hydrogen-bond donors (Lipinski definition) is 0. The lowest BCUT2D eigenvalue weighted by Crippen LogP contribution is -1.98. The van der Waals surface area contributed by atoms with Crippen LogP contribution in [0.5, 0.6) is 0 Å². The highest BCUT2D eigenvalue weighted by Gasteiger charge is 2.08. The summed E-state index contributed by atoms with van der Waals surface area (Å²) in [5.41, 5.74) is 5.39. The van der Waals surface area contributed by atoms with Crippen molar-refractivity contribution in [1.29, 1.82) is 0 Å². The van der Waals surface area contributed by atoms with Gasteiger partial charge < -0.3 is 4.42 Å². The van der Waals surface area contributed by atoms with E-state index in [9.17, 15) is 0 Å². The number of hydrogen-bond acceptors (Lipinski definition) is 1. The van der Waals surface area contributed by atoms with Crippen LogP contribution in [0.15, 0.2) is 34.9 Å². The van der Waals surface area contributed by atoms with E-state index in [0.29, 0.717) is 0 Å². The molecule has 0 amide bonds. The fourth-order valence-electron chi connectivity index (χ4n) is 4.29. The van der Waals surface area contributed by atoms with Crippen molar-refractivity contribution in [3.05, 3.63) is 58.5 Å². The Kier molecular flexibility index (Phi) is 13.4. The zero-order valence-corrected chi connectivity index (χ0v) is 20.8. The van der Waals surface area contributed by atoms with Crippen molar-refractivity contribution in [3.63, 3.8) is 0 Å². The van der Waals surface area contributed by atoms with E-state index >= 15 is 0 Å². The Labute approximate surface area is 197 Å². The van der Waals surface area contributed by atoms with Crippen LogP contribution < -0.4 is 0 Å². The van der Waals surface area contributed by atoms with Gasteiger partial charge in [-0.15, -0.1) is 5.92 Å². The number of rotatable bonds is 16. The molecule has 0 atom stereocenters. The van der Waals surface area contributed by atoms with E-state index in [2.05, 4.69) is 50.0 Å². The molecule has 0 unspecified atom stereocenters. The summed E-state index contributed by atoms with van der Waals surface area (Å²) >= 11 is 0. The fourth-order valence-corrected chi connectivity index (χ4v) is 4.29. The van der Waals surface area contributed by atoms with Crippen molar-refractivity contribution in [2.45, 2.75) is 111 Å². The van der Waals surface area contributed by atoms with Gasteiger partial charge in [-0.3, -0.25) is 0 Å². The highest BCUT2D eigenvalue weighted by atomic mass is 16.3. The largest absolute Gasteiger partial charge is 0.465 e. The molecule has 0 aliphatic rings. The smallest absolute Gasteiger partial charge is 0.126 e. The van der Waals surface area contributed by atoms with Crippen molar-refractivity contribution in [1.82, 2.24) is 0 Å². The summed E-state index contributed by atoms with van der Waals surface area (Å²) in [7, 11) is 0. The first-order valence-electron chi connectivity index (χ1n) is 13.1. The van der Waals surface area contributed by atoms with Gasteiger partial charge in [-0.2, -0.15) is 0 Å². The number of furan rings is 1. The van der Waals surface area contributed by atoms with Gasteiger partial charge in [0.05, 0.1) is 6.26 Å². The van der Waals surface area contributed by atoms with Gasteiger partial charge in [-0.05, 0) is 73.6 Å². The normalized spacial score (nSPS) is 11.1. The lowest BCUT2D eigenvalue weighted by Gasteiger charge is -2.13. The molecule has 0 aliphatic heterocycles. The van der Waals surface area contributed by atoms with Crippen LogP contribution in [-0.4, -0.2) is 0 Å². The fraction of sp³-hybridized carbons (Fsp3) is 0.548. The lowest BCUT2D eigenvalue weighted by atomic mass is 9.92. The predicted octanol–water partition coefficient (Wildman–Crippen LogP) is 9.63. The van der Waals surface area contributed by atoms with E-state index in [0.717, 1.165) is 18.6 Å². The van der Waals surface area contributed by atoms with Crippen LogP contribution in [-0.2, 0) is 12.8 Å². The predicted molar refractivity (Wildman–Crippen MR) is 141 cm³/mol. The molecule has 0 saturated heterocycles. The van der Waals surface area contributed by atoms with E-state index in [-0.39, 0.29) is 0 Å². The Bertz CT molecular complexity index is 829. The van der Waals surface area contributed by atoms with E-state index in [1.807, 2.05) is 19.1 Å². The van der Waals surface area contributed by atoms with Crippen LogP contribution in [0.2, 0.25) is 0 Å². The summed E-state index contributed by atoms with van der Waals surface area (Å²) < 4.78 is 5.53. The Balaban J connectivity index is 2.13. The SMILES string of the molecule is CC#Cc1cc(CCCCCCCC)c(/C=C/c2ccco2)cc1CCCCCCCC. The average Bonchev–Trinajstić information content (AvgIpc) is 3.32. The van der Waals surface area contributed by atoms with Crippen molar-refractivity contribution in [2.75, 3.05) is 0 Å². The molecule has 1 aromatic heterocycles. The second kappa shape index (κ2) is 16.4. The van der Waals surface area contributed by atoms with E-state index in [4.69, 9.17) is 4.42 Å². The third-order valence-electron chi connectivity index (χ3n) is 6.19. The van der Waals surface area contributed by atoms with Gasteiger partial charge in [0, 0.05) is 5.56 Å². The molecule has 2 rings (SSSR count). The molecule has 0 N–H and O–H groups in total. The standard InChI is InChI=1S/C31H44O/c1-4-7-9-11-13-15-19-28-26-30(22-23-31-21-17-24-32-31)29(25-27(28)18-6-3)20-16-14-12-10-8-5-2/h17,21-26H,4-5,7-16,19-20H2,1-3H3/b23-22+. The third kappa shape index (κ3) is 9.95. The van der Waals surface area contributed by atoms with Crippen LogP contribution in [0.4, 0.5) is 0 Å². The Morgan fingerprint density at radius 3 is 1.97 bits per heavy atom. The van der Waals surface area contributed by atoms with Crippen molar-refractivity contribution >= 4 is 12.2 Å². The second-order valence-corrected chi connectivity index (χ2v) is 8.97. The van der Waals surface area contributed by atoms with E-state index in [1.165, 1.54) is 99.3 Å². The van der Waals surface area contributed by atoms with Gasteiger partial charge in [0.15, 0.2) is 0 Å². The molecule has 32 heavy (non-hydrogen) atoms. The molecule has 0 fully saturated rings. The van der Waals surface area contributed by atoms with E-state index < -0.39 is 0 Å². The van der Waals surface area contributed by atoms with Gasteiger partial charge in [-0.25, -0.2) is 0 Å². The highest BCUT2D eigenvalue weighted by Crippen LogP contribution is 2.24. The summed E-state index contributed by atoms with van der Waals surface area (Å²) in [6.45, 7) is 6.51. The van der Waals surface area contributed by atoms with Gasteiger partial charge in [0.2, 0.25) is 0 Å². The number of unbranched alkanes of at least 4 members (excludes halogenated alkanes) is 10. The van der Waals surface area contributed by atoms with Crippen LogP contribution in [0.3, 0.4) is 0 Å². The maximum atomic E-state index is 5.53. The quantitative estimate of drug-likeness (QED) is 0.190. The molecule has 0 aliphatic carbocycles. The molecule has 1 heteroatoms. The minimum absolute atomic E-state index is 0.908. The minimum Gasteiger partial charge on any atom is -0.465 e. The van der Waals surface area contributed by atoms with Gasteiger partial charge >= 0.3 is 0 Å². The monoisotopic (exact) mass is 432 g/mol. The maximum absolute atomic E-state index is 5.53. The summed E-state index contributed by atoms with van der Waals surface area (Å²) in [6.07, 6.45) is 24.2. The highest BCUT2D eigenvalue weighted by molar-refractivity contribution is 5.70. The molecule has 0 spiro atoms. The first-order chi connectivity index (χ1) is 15.8. The van der Waals surface area contributed by atoms with Crippen LogP contribution in [0.1, 0.15) is 126 Å². The molecule has 0 saturated carbocycles. The number of benzene rings is 1. The molecule has 174 valence electrons. The Hall–Kier alpha value is -2.20. The van der Waals surface area contributed by atoms with Gasteiger partial charge in [0.25, 0.3) is 0 Å². The first kappa shape index (κ1) is 26.1. The Morgan fingerprint density at radius 2 is 1.38 bits per heavy atom. The minimum atomic E-state index is 0.908. The molecule has 1 nitrogen and oxygen atoms in total. The molecular weight excluding hydrogens is 388 g/mol. The zero-order chi connectivity index (χ0) is 22.9. The third-order valence-corrected chi connectivity index (χ3v) is 6.19. The second-order valence-electron chi connectivity index (χ2n) is 8.97. The van der Waals surface area contributed by atoms with Gasteiger partial charge in [-0.1, -0.05) is 96.1 Å². The average molecular weight is 433 g/mol. The van der Waals surface area contributed by atoms with Crippen LogP contribution in [0, 0.1) is 11.8 Å². The van der Waals surface area contributed by atoms with Gasteiger partial charge in [0.1, 0.15) is 5.76 Å². The van der Waals surface area contributed by atoms with E-state index in [1.54, 1.807) is 6.26 Å². The molecule has 1 aromatic carbocycles. The first-order valence-corrected chi connectivity index (χ1v) is 13.1. The zero-order valence-electron chi connectivity index (χ0n) is 20.8. The molecule has 0 radical (unpaired) electrons. The molecular formula is C31H44O. The van der Waals surface area contributed by atoms with Crippen LogP contribution in [0.25, 0.3) is 12.2 Å². The Morgan fingerprint density at radius 1 is 0.750 bits per heavy atom. The van der Waals surface area contributed by atoms with Crippen molar-refractivity contribution in [3.8, 4) is 11.8 Å². The summed E-state index contributed by atoms with van der Waals surface area (Å²) in [4.78, 5) is 0. The van der Waals surface area contributed by atoms with Crippen molar-refractivity contribution in [2.24, 2.45) is 0 Å². The maximum Gasteiger partial charge on any atom is 0.126 e. The molecule has 1 heterocycles. The lowest BCUT2D eigenvalue weighted by molar-refractivity contribution is 0.557.